The van der Waals surface area contributed by atoms with E-state index in [1.165, 1.54) is 14.1 Å². The van der Waals surface area contributed by atoms with Crippen LogP contribution in [0.5, 0.6) is 0 Å². The molecule has 6 nitrogen and oxygen atoms in total. The van der Waals surface area contributed by atoms with E-state index < -0.39 is 45.9 Å². The zero-order valence-corrected chi connectivity index (χ0v) is 11.5. The molecule has 0 atom stereocenters. The molecule has 1 aromatic carbocycles. The first-order valence-electron chi connectivity index (χ1n) is 5.95. The Morgan fingerprint density at radius 3 is 2.36 bits per heavy atom. The lowest BCUT2D eigenvalue weighted by atomic mass is 10.2. The molecule has 0 radical (unpaired) electrons. The van der Waals surface area contributed by atoms with Crippen LogP contribution in [0.25, 0.3) is 0 Å². The molecule has 22 heavy (non-hydrogen) atoms. The molecular formula is C13H10F3N3O3. The maximum atomic E-state index is 13.5. The predicted molar refractivity (Wildman–Crippen MR) is 71.2 cm³/mol. The third kappa shape index (κ3) is 2.52. The van der Waals surface area contributed by atoms with Gasteiger partial charge >= 0.3 is 5.69 Å². The van der Waals surface area contributed by atoms with Crippen LogP contribution in [-0.4, -0.2) is 15.0 Å². The number of nitrogens with zero attached hydrogens (tertiary/aromatic N) is 2. The van der Waals surface area contributed by atoms with Crippen molar-refractivity contribution in [2.24, 2.45) is 14.1 Å². The number of carbonyl (C=O) groups is 1. The Morgan fingerprint density at radius 1 is 1.09 bits per heavy atom. The van der Waals surface area contributed by atoms with E-state index in [0.29, 0.717) is 10.6 Å². The highest BCUT2D eigenvalue weighted by Gasteiger charge is 2.19. The summed E-state index contributed by atoms with van der Waals surface area (Å²) in [5.74, 6) is -5.80. The summed E-state index contributed by atoms with van der Waals surface area (Å²) in [6.45, 7) is 0. The second kappa shape index (κ2) is 5.51. The van der Waals surface area contributed by atoms with Crippen LogP contribution in [0.2, 0.25) is 0 Å². The quantitative estimate of drug-likeness (QED) is 0.832. The lowest BCUT2D eigenvalue weighted by Crippen LogP contribution is -2.40. The number of amides is 1. The fourth-order valence-corrected chi connectivity index (χ4v) is 1.78. The molecular weight excluding hydrogens is 303 g/mol. The molecule has 0 spiro atoms. The Morgan fingerprint density at radius 2 is 1.73 bits per heavy atom. The van der Waals surface area contributed by atoms with Crippen LogP contribution in [0.15, 0.2) is 27.9 Å². The van der Waals surface area contributed by atoms with Gasteiger partial charge in [-0.1, -0.05) is 0 Å². The summed E-state index contributed by atoms with van der Waals surface area (Å²) < 4.78 is 41.1. The normalized spacial score (nSPS) is 10.6. The molecule has 116 valence electrons. The Hall–Kier alpha value is -2.84. The van der Waals surface area contributed by atoms with Gasteiger partial charge in [0.2, 0.25) is 0 Å². The van der Waals surface area contributed by atoms with Gasteiger partial charge in [0.1, 0.15) is 5.56 Å². The predicted octanol–water partition coefficient (Wildman–Crippen LogP) is 0.754. The smallest absolute Gasteiger partial charge is 0.319 e. The molecule has 0 unspecified atom stereocenters. The number of nitrogens with one attached hydrogen (secondary N) is 1. The van der Waals surface area contributed by atoms with Gasteiger partial charge in [-0.25, -0.2) is 18.0 Å². The standard InChI is InChI=1S/C13H10F3N3O3/c1-18-5-6(12(21)19(2)13(18)22)11(20)17-8-4-3-7(14)9(15)10(8)16/h3-5H,1-2H3,(H,17,20). The van der Waals surface area contributed by atoms with Gasteiger partial charge in [0, 0.05) is 20.3 Å². The van der Waals surface area contributed by atoms with Gasteiger partial charge in [-0.2, -0.15) is 0 Å². The van der Waals surface area contributed by atoms with Crippen molar-refractivity contribution in [3.63, 3.8) is 0 Å². The van der Waals surface area contributed by atoms with Gasteiger partial charge < -0.3 is 9.88 Å². The van der Waals surface area contributed by atoms with Crippen LogP contribution in [0.1, 0.15) is 10.4 Å². The zero-order chi connectivity index (χ0) is 16.6. The summed E-state index contributed by atoms with van der Waals surface area (Å²) in [5, 5.41) is 1.96. The summed E-state index contributed by atoms with van der Waals surface area (Å²) in [6.07, 6.45) is 0.970. The molecule has 1 N–H and O–H groups in total. The van der Waals surface area contributed by atoms with E-state index in [0.717, 1.165) is 16.8 Å². The van der Waals surface area contributed by atoms with Crippen molar-refractivity contribution in [2.45, 2.75) is 0 Å². The number of aryl methyl sites for hydroxylation is 1. The van der Waals surface area contributed by atoms with Crippen molar-refractivity contribution in [1.29, 1.82) is 0 Å². The highest BCUT2D eigenvalue weighted by molar-refractivity contribution is 6.03. The molecule has 2 aromatic rings. The number of benzene rings is 1. The fourth-order valence-electron chi connectivity index (χ4n) is 1.78. The number of hydrogen-bond acceptors (Lipinski definition) is 3. The number of carbonyl (C=O) groups excluding carboxylic acids is 1. The van der Waals surface area contributed by atoms with Crippen LogP contribution in [0.3, 0.4) is 0 Å². The van der Waals surface area contributed by atoms with E-state index >= 15 is 0 Å². The second-order valence-electron chi connectivity index (χ2n) is 4.48. The molecule has 0 bridgehead atoms. The number of rotatable bonds is 2. The number of halogens is 3. The number of anilines is 1. The fraction of sp³-hybridized carbons (Fsp3) is 0.154. The lowest BCUT2D eigenvalue weighted by molar-refractivity contribution is 0.102. The topological polar surface area (TPSA) is 73.1 Å². The van der Waals surface area contributed by atoms with Crippen molar-refractivity contribution >= 4 is 11.6 Å². The van der Waals surface area contributed by atoms with Gasteiger partial charge in [0.15, 0.2) is 17.5 Å². The minimum absolute atomic E-state index is 0.450. The maximum absolute atomic E-state index is 13.5. The van der Waals surface area contributed by atoms with Crippen molar-refractivity contribution in [3.05, 3.63) is 62.2 Å². The largest absolute Gasteiger partial charge is 0.330 e. The Balaban J connectivity index is 2.45. The highest BCUT2D eigenvalue weighted by atomic mass is 19.2. The third-order valence-electron chi connectivity index (χ3n) is 2.97. The van der Waals surface area contributed by atoms with Crippen LogP contribution >= 0.6 is 0 Å². The van der Waals surface area contributed by atoms with Gasteiger partial charge in [0.25, 0.3) is 11.5 Å². The molecule has 2 rings (SSSR count). The first-order chi connectivity index (χ1) is 10.2. The molecule has 1 amide bonds. The average molecular weight is 313 g/mol. The minimum atomic E-state index is -1.74. The van der Waals surface area contributed by atoms with E-state index in [1.807, 2.05) is 5.32 Å². The van der Waals surface area contributed by atoms with E-state index in [1.54, 1.807) is 0 Å². The van der Waals surface area contributed by atoms with Crippen LogP contribution in [0, 0.1) is 17.5 Å². The van der Waals surface area contributed by atoms with Crippen LogP contribution in [0.4, 0.5) is 18.9 Å². The summed E-state index contributed by atoms with van der Waals surface area (Å²) in [5.41, 5.74) is -2.63. The van der Waals surface area contributed by atoms with Crippen LogP contribution < -0.4 is 16.6 Å². The number of aromatic nitrogens is 2. The summed E-state index contributed by atoms with van der Waals surface area (Å²) in [4.78, 5) is 35.3. The Bertz CT molecular complexity index is 887. The monoisotopic (exact) mass is 313 g/mol. The van der Waals surface area contributed by atoms with E-state index in [4.69, 9.17) is 0 Å². The number of hydrogen-bond donors (Lipinski definition) is 1. The van der Waals surface area contributed by atoms with Crippen molar-refractivity contribution in [1.82, 2.24) is 9.13 Å². The molecule has 9 heteroatoms. The van der Waals surface area contributed by atoms with E-state index in [2.05, 4.69) is 0 Å². The molecule has 0 saturated heterocycles. The Kier molecular flexibility index (Phi) is 3.89. The van der Waals surface area contributed by atoms with Gasteiger partial charge in [-0.15, -0.1) is 0 Å². The molecule has 1 aromatic heterocycles. The molecule has 0 aliphatic heterocycles. The first kappa shape index (κ1) is 15.5. The molecule has 0 fully saturated rings. The summed E-state index contributed by atoms with van der Waals surface area (Å²) in [7, 11) is 2.48. The molecule has 1 heterocycles. The molecule has 0 aliphatic carbocycles. The molecule has 0 aliphatic rings. The van der Waals surface area contributed by atoms with Crippen molar-refractivity contribution in [3.8, 4) is 0 Å². The third-order valence-corrected chi connectivity index (χ3v) is 2.97. The van der Waals surface area contributed by atoms with Crippen LogP contribution in [-0.2, 0) is 14.1 Å². The summed E-state index contributed by atoms with van der Waals surface area (Å²) in [6, 6.07) is 1.45. The van der Waals surface area contributed by atoms with Gasteiger partial charge in [-0.3, -0.25) is 14.2 Å². The van der Waals surface area contributed by atoms with Gasteiger partial charge in [0.05, 0.1) is 5.69 Å². The minimum Gasteiger partial charge on any atom is -0.319 e. The lowest BCUT2D eigenvalue weighted by Gasteiger charge is -2.09. The molecule has 0 saturated carbocycles. The van der Waals surface area contributed by atoms with Crippen molar-refractivity contribution < 1.29 is 18.0 Å². The average Bonchev–Trinajstić information content (AvgIpc) is 2.49. The maximum Gasteiger partial charge on any atom is 0.330 e. The Labute approximate surface area is 121 Å². The first-order valence-corrected chi connectivity index (χ1v) is 5.95. The summed E-state index contributed by atoms with van der Waals surface area (Å²) >= 11 is 0. The van der Waals surface area contributed by atoms with Crippen molar-refractivity contribution in [2.75, 3.05) is 5.32 Å². The van der Waals surface area contributed by atoms with Gasteiger partial charge in [-0.05, 0) is 12.1 Å². The highest BCUT2D eigenvalue weighted by Crippen LogP contribution is 2.19. The SMILES string of the molecule is Cn1cc(C(=O)Nc2ccc(F)c(F)c2F)c(=O)n(C)c1=O. The van der Waals surface area contributed by atoms with E-state index in [-0.39, 0.29) is 0 Å². The van der Waals surface area contributed by atoms with E-state index in [9.17, 15) is 27.6 Å². The zero-order valence-electron chi connectivity index (χ0n) is 11.5. The second-order valence-corrected chi connectivity index (χ2v) is 4.48.